The van der Waals surface area contributed by atoms with Crippen molar-refractivity contribution in [3.8, 4) is 0 Å². The summed E-state index contributed by atoms with van der Waals surface area (Å²) in [6.07, 6.45) is 51.0. The van der Waals surface area contributed by atoms with Gasteiger partial charge in [-0.15, -0.1) is 12.4 Å². The van der Waals surface area contributed by atoms with Crippen molar-refractivity contribution < 1.29 is 0 Å². The van der Waals surface area contributed by atoms with E-state index in [2.05, 4.69) is 19.2 Å². The fourth-order valence-corrected chi connectivity index (χ4v) is 6.81. The van der Waals surface area contributed by atoms with Gasteiger partial charge in [0.25, 0.3) is 0 Å². The molecule has 0 aromatic heterocycles. The minimum absolute atomic E-state index is 0. The molecule has 2 unspecified atom stereocenters. The van der Waals surface area contributed by atoms with Crippen LogP contribution in [0.3, 0.4) is 0 Å². The lowest BCUT2D eigenvalue weighted by molar-refractivity contribution is 0.428. The summed E-state index contributed by atoms with van der Waals surface area (Å²) in [6.45, 7) is 4.61. The number of unbranched alkanes of at least 4 members (excludes halogenated alkanes) is 30. The summed E-state index contributed by atoms with van der Waals surface area (Å²) in [5, 5.41) is 3.57. The molecule has 0 amide bonds. The number of hydrogen-bond acceptors (Lipinski definition) is 2. The Morgan fingerprint density at radius 3 is 0.952 bits per heavy atom. The van der Waals surface area contributed by atoms with Crippen molar-refractivity contribution in [1.82, 2.24) is 5.32 Å². The van der Waals surface area contributed by atoms with E-state index < -0.39 is 0 Å². The lowest BCUT2D eigenvalue weighted by Crippen LogP contribution is -2.31. The highest BCUT2D eigenvalue weighted by molar-refractivity contribution is 5.85. The number of halogens is 1. The van der Waals surface area contributed by atoms with Crippen LogP contribution in [0.1, 0.15) is 232 Å². The number of nitrogens with one attached hydrogen (secondary N) is 1. The van der Waals surface area contributed by atoms with E-state index in [1.54, 1.807) is 0 Å². The highest BCUT2D eigenvalue weighted by Gasteiger charge is 2.22. The van der Waals surface area contributed by atoms with E-state index in [0.717, 1.165) is 0 Å². The van der Waals surface area contributed by atoms with Gasteiger partial charge < -0.3 is 5.32 Å². The van der Waals surface area contributed by atoms with E-state index in [1.807, 2.05) is 6.34 Å². The molecule has 3 heteroatoms. The predicted molar refractivity (Wildman–Crippen MR) is 195 cm³/mol. The second kappa shape index (κ2) is 35.2. The van der Waals surface area contributed by atoms with Crippen LogP contribution in [0, 0.1) is 0 Å². The molecule has 1 aliphatic rings. The van der Waals surface area contributed by atoms with Crippen LogP contribution in [0.4, 0.5) is 0 Å². The van der Waals surface area contributed by atoms with Crippen LogP contribution in [0.5, 0.6) is 0 Å². The predicted octanol–water partition coefficient (Wildman–Crippen LogP) is 14.1. The normalized spacial score (nSPS) is 16.1. The maximum atomic E-state index is 4.78. The minimum Gasteiger partial charge on any atom is -0.372 e. The zero-order valence-electron chi connectivity index (χ0n) is 29.1. The van der Waals surface area contributed by atoms with E-state index in [4.69, 9.17) is 4.99 Å². The monoisotopic (exact) mass is 611 g/mol. The van der Waals surface area contributed by atoms with Crippen molar-refractivity contribution in [2.24, 2.45) is 4.99 Å². The van der Waals surface area contributed by atoms with Gasteiger partial charge in [-0.2, -0.15) is 0 Å². The van der Waals surface area contributed by atoms with Crippen LogP contribution in [-0.2, 0) is 0 Å². The lowest BCUT2D eigenvalue weighted by atomic mass is 9.96. The Balaban J connectivity index is 0.0000168. The highest BCUT2D eigenvalue weighted by Crippen LogP contribution is 2.20. The molecule has 0 aliphatic carbocycles. The molecule has 0 fully saturated rings. The van der Waals surface area contributed by atoms with Gasteiger partial charge in [-0.3, -0.25) is 4.99 Å². The van der Waals surface area contributed by atoms with Gasteiger partial charge in [0.15, 0.2) is 0 Å². The average Bonchev–Trinajstić information content (AvgIpc) is 3.43. The number of hydrogen-bond donors (Lipinski definition) is 1. The van der Waals surface area contributed by atoms with Crippen LogP contribution in [0.2, 0.25) is 0 Å². The number of rotatable bonds is 34. The van der Waals surface area contributed by atoms with Crippen molar-refractivity contribution in [2.45, 2.75) is 244 Å². The summed E-state index contributed by atoms with van der Waals surface area (Å²) in [4.78, 5) is 4.78. The second-order valence-corrected chi connectivity index (χ2v) is 13.8. The highest BCUT2D eigenvalue weighted by atomic mass is 35.5. The largest absolute Gasteiger partial charge is 0.372 e. The third kappa shape index (κ3) is 28.5. The fraction of sp³-hybridized carbons (Fsp3) is 0.974. The number of aliphatic imine (C=N–C) groups is 1. The van der Waals surface area contributed by atoms with Crippen molar-refractivity contribution in [2.75, 3.05) is 0 Å². The van der Waals surface area contributed by atoms with Crippen LogP contribution < -0.4 is 5.32 Å². The Morgan fingerprint density at radius 2 is 0.643 bits per heavy atom. The molecule has 42 heavy (non-hydrogen) atoms. The molecule has 0 aromatic carbocycles. The summed E-state index contributed by atoms with van der Waals surface area (Å²) in [6, 6.07) is 1.18. The van der Waals surface area contributed by atoms with E-state index >= 15 is 0 Å². The molecule has 0 saturated heterocycles. The van der Waals surface area contributed by atoms with E-state index in [1.165, 1.54) is 218 Å². The number of nitrogens with zero attached hydrogens (tertiary/aromatic N) is 1. The third-order valence-electron chi connectivity index (χ3n) is 9.74. The Hall–Kier alpha value is -0.240. The molecule has 0 radical (unpaired) electrons. The first kappa shape index (κ1) is 41.8. The Kier molecular flexibility index (Phi) is 35.0. The Morgan fingerprint density at radius 1 is 0.381 bits per heavy atom. The zero-order chi connectivity index (χ0) is 29.3. The second-order valence-electron chi connectivity index (χ2n) is 13.8. The molecule has 0 spiro atoms. The standard InChI is InChI=1S/C39H78N2.ClH/c1-3-5-7-9-11-13-15-17-19-21-23-25-27-29-31-33-35-38-39(41-37-40-38)36-34-32-30-28-26-24-22-20-18-16-14-12-10-8-6-4-2;/h37-39H,3-36H2,1-2H3,(H,40,41);1H. The topological polar surface area (TPSA) is 24.4 Å². The van der Waals surface area contributed by atoms with Crippen LogP contribution in [-0.4, -0.2) is 18.4 Å². The Labute approximate surface area is 272 Å². The summed E-state index contributed by atoms with van der Waals surface area (Å²) < 4.78 is 0. The van der Waals surface area contributed by atoms with Crippen molar-refractivity contribution in [1.29, 1.82) is 0 Å². The molecule has 2 nitrogen and oxygen atoms in total. The zero-order valence-corrected chi connectivity index (χ0v) is 29.9. The molecule has 0 aromatic rings. The van der Waals surface area contributed by atoms with Gasteiger partial charge in [-0.1, -0.05) is 219 Å². The summed E-state index contributed by atoms with van der Waals surface area (Å²) in [7, 11) is 0. The van der Waals surface area contributed by atoms with E-state index in [9.17, 15) is 0 Å². The first-order chi connectivity index (χ1) is 20.4. The molecule has 0 bridgehead atoms. The maximum Gasteiger partial charge on any atom is 0.0831 e. The maximum absolute atomic E-state index is 4.78. The van der Waals surface area contributed by atoms with E-state index in [-0.39, 0.29) is 12.4 Å². The SMILES string of the molecule is CCCCCCCCCCCCCCCCCCC1N=CNC1CCCCCCCCCCCCCCCCCC.Cl. The van der Waals surface area contributed by atoms with Gasteiger partial charge in [0.1, 0.15) is 0 Å². The molecule has 252 valence electrons. The van der Waals surface area contributed by atoms with Crippen LogP contribution in [0.25, 0.3) is 0 Å². The van der Waals surface area contributed by atoms with Crippen molar-refractivity contribution in [3.05, 3.63) is 0 Å². The van der Waals surface area contributed by atoms with Crippen LogP contribution in [0.15, 0.2) is 4.99 Å². The molecule has 0 saturated carbocycles. The van der Waals surface area contributed by atoms with Crippen molar-refractivity contribution in [3.63, 3.8) is 0 Å². The smallest absolute Gasteiger partial charge is 0.0831 e. The fourth-order valence-electron chi connectivity index (χ4n) is 6.81. The molecule has 1 heterocycles. The summed E-state index contributed by atoms with van der Waals surface area (Å²) >= 11 is 0. The molecule has 1 N–H and O–H groups in total. The van der Waals surface area contributed by atoms with Gasteiger partial charge >= 0.3 is 0 Å². The van der Waals surface area contributed by atoms with Gasteiger partial charge in [0.2, 0.25) is 0 Å². The lowest BCUT2D eigenvalue weighted by Gasteiger charge is -2.18. The third-order valence-corrected chi connectivity index (χ3v) is 9.74. The van der Waals surface area contributed by atoms with Gasteiger partial charge in [0, 0.05) is 6.04 Å². The molecule has 2 atom stereocenters. The average molecular weight is 612 g/mol. The van der Waals surface area contributed by atoms with Gasteiger partial charge in [0.05, 0.1) is 12.4 Å². The van der Waals surface area contributed by atoms with Gasteiger partial charge in [-0.25, -0.2) is 0 Å². The van der Waals surface area contributed by atoms with E-state index in [0.29, 0.717) is 12.1 Å². The Bertz CT molecular complexity index is 523. The summed E-state index contributed by atoms with van der Waals surface area (Å²) in [5.74, 6) is 0. The first-order valence-electron chi connectivity index (χ1n) is 19.7. The molecule has 1 rings (SSSR count). The first-order valence-corrected chi connectivity index (χ1v) is 19.7. The summed E-state index contributed by atoms with van der Waals surface area (Å²) in [5.41, 5.74) is 0. The molecular weight excluding hydrogens is 532 g/mol. The van der Waals surface area contributed by atoms with Crippen LogP contribution >= 0.6 is 12.4 Å². The van der Waals surface area contributed by atoms with Gasteiger partial charge in [-0.05, 0) is 12.8 Å². The van der Waals surface area contributed by atoms with Crippen molar-refractivity contribution >= 4 is 18.7 Å². The minimum atomic E-state index is 0. The molecule has 1 aliphatic heterocycles. The quantitative estimate of drug-likeness (QED) is 0.0720. The molecular formula is C39H79ClN2.